The minimum absolute atomic E-state index is 0.0160. The van der Waals surface area contributed by atoms with Crippen LogP contribution in [-0.2, 0) is 4.79 Å². The van der Waals surface area contributed by atoms with Gasteiger partial charge in [-0.15, -0.1) is 0 Å². The molecule has 1 aromatic carbocycles. The van der Waals surface area contributed by atoms with Gasteiger partial charge in [0.25, 0.3) is 5.91 Å². The molecule has 0 saturated carbocycles. The van der Waals surface area contributed by atoms with Crippen molar-refractivity contribution < 1.29 is 24.2 Å². The molecule has 0 heterocycles. The second-order valence-electron chi connectivity index (χ2n) is 5.12. The van der Waals surface area contributed by atoms with Crippen LogP contribution in [0.15, 0.2) is 18.2 Å². The van der Waals surface area contributed by atoms with Crippen LogP contribution in [0.2, 0.25) is 0 Å². The molecule has 0 aliphatic carbocycles. The van der Waals surface area contributed by atoms with E-state index in [4.69, 9.17) is 14.6 Å². The largest absolute Gasteiger partial charge is 0.497 e. The summed E-state index contributed by atoms with van der Waals surface area (Å²) < 4.78 is 10.7. The van der Waals surface area contributed by atoms with E-state index < -0.39 is 5.97 Å². The molecule has 0 saturated heterocycles. The van der Waals surface area contributed by atoms with Gasteiger partial charge in [-0.05, 0) is 24.5 Å². The third kappa shape index (κ3) is 5.63. The molecule has 1 unspecified atom stereocenters. The lowest BCUT2D eigenvalue weighted by molar-refractivity contribution is -0.137. The number of rotatable bonds is 9. The van der Waals surface area contributed by atoms with E-state index in [1.165, 1.54) is 0 Å². The fourth-order valence-electron chi connectivity index (χ4n) is 1.88. The standard InChI is InChI=1S/C16H23NO5/c1-4-7-22-14-9-12(21-3)5-6-13(14)16(20)17-10-11(2)8-15(18)19/h5-6,9,11H,4,7-8,10H2,1-3H3,(H,17,20)(H,18,19). The summed E-state index contributed by atoms with van der Waals surface area (Å²) in [4.78, 5) is 22.9. The smallest absolute Gasteiger partial charge is 0.303 e. The Labute approximate surface area is 130 Å². The molecule has 1 amide bonds. The van der Waals surface area contributed by atoms with Crippen LogP contribution in [0.25, 0.3) is 0 Å². The van der Waals surface area contributed by atoms with Crippen molar-refractivity contribution in [2.45, 2.75) is 26.7 Å². The maximum atomic E-state index is 12.2. The Kier molecular flexibility index (Phi) is 7.22. The highest BCUT2D eigenvalue weighted by Crippen LogP contribution is 2.25. The van der Waals surface area contributed by atoms with Crippen LogP contribution >= 0.6 is 0 Å². The van der Waals surface area contributed by atoms with Crippen molar-refractivity contribution in [3.05, 3.63) is 23.8 Å². The fourth-order valence-corrected chi connectivity index (χ4v) is 1.88. The van der Waals surface area contributed by atoms with E-state index in [2.05, 4.69) is 5.32 Å². The summed E-state index contributed by atoms with van der Waals surface area (Å²) >= 11 is 0. The minimum atomic E-state index is -0.877. The fraction of sp³-hybridized carbons (Fsp3) is 0.500. The summed E-state index contributed by atoms with van der Waals surface area (Å²) in [6, 6.07) is 5.00. The van der Waals surface area contributed by atoms with Gasteiger partial charge in [-0.2, -0.15) is 0 Å². The van der Waals surface area contributed by atoms with E-state index in [0.29, 0.717) is 30.2 Å². The van der Waals surface area contributed by atoms with Crippen LogP contribution < -0.4 is 14.8 Å². The van der Waals surface area contributed by atoms with Gasteiger partial charge >= 0.3 is 5.97 Å². The molecule has 22 heavy (non-hydrogen) atoms. The maximum absolute atomic E-state index is 12.2. The van der Waals surface area contributed by atoms with E-state index >= 15 is 0 Å². The van der Waals surface area contributed by atoms with Gasteiger partial charge in [0.15, 0.2) is 0 Å². The van der Waals surface area contributed by atoms with Gasteiger partial charge in [-0.3, -0.25) is 9.59 Å². The number of carboxylic acids is 1. The van der Waals surface area contributed by atoms with Crippen molar-refractivity contribution >= 4 is 11.9 Å². The van der Waals surface area contributed by atoms with Gasteiger partial charge < -0.3 is 19.9 Å². The first-order chi connectivity index (χ1) is 10.5. The Morgan fingerprint density at radius 1 is 1.36 bits per heavy atom. The molecular formula is C16H23NO5. The molecule has 0 bridgehead atoms. The van der Waals surface area contributed by atoms with Crippen LogP contribution in [0, 0.1) is 5.92 Å². The van der Waals surface area contributed by atoms with Crippen molar-refractivity contribution in [2.24, 2.45) is 5.92 Å². The first-order valence-electron chi connectivity index (χ1n) is 7.28. The summed E-state index contributed by atoms with van der Waals surface area (Å²) in [5.41, 5.74) is 0.414. The molecule has 122 valence electrons. The summed E-state index contributed by atoms with van der Waals surface area (Å²) in [5.74, 6) is -0.227. The number of aliphatic carboxylic acids is 1. The Hall–Kier alpha value is -2.24. The van der Waals surface area contributed by atoms with Crippen molar-refractivity contribution in [1.82, 2.24) is 5.32 Å². The zero-order valence-corrected chi connectivity index (χ0v) is 13.2. The predicted octanol–water partition coefficient (Wildman–Crippen LogP) is 2.32. The molecule has 1 atom stereocenters. The number of methoxy groups -OCH3 is 1. The molecule has 6 heteroatoms. The minimum Gasteiger partial charge on any atom is -0.497 e. The SMILES string of the molecule is CCCOc1cc(OC)ccc1C(=O)NCC(C)CC(=O)O. The van der Waals surface area contributed by atoms with Gasteiger partial charge in [0.1, 0.15) is 11.5 Å². The second-order valence-corrected chi connectivity index (χ2v) is 5.12. The highest BCUT2D eigenvalue weighted by molar-refractivity contribution is 5.97. The van der Waals surface area contributed by atoms with E-state index in [1.54, 1.807) is 32.2 Å². The maximum Gasteiger partial charge on any atom is 0.303 e. The lowest BCUT2D eigenvalue weighted by Gasteiger charge is -2.14. The number of carbonyl (C=O) groups excluding carboxylic acids is 1. The molecule has 0 radical (unpaired) electrons. The van der Waals surface area contributed by atoms with E-state index in [1.807, 2.05) is 6.92 Å². The Balaban J connectivity index is 2.76. The monoisotopic (exact) mass is 309 g/mol. The first-order valence-corrected chi connectivity index (χ1v) is 7.28. The summed E-state index contributed by atoms with van der Waals surface area (Å²) in [6.45, 7) is 4.55. The molecule has 1 aromatic rings. The van der Waals surface area contributed by atoms with Crippen molar-refractivity contribution in [2.75, 3.05) is 20.3 Å². The molecule has 0 spiro atoms. The number of ether oxygens (including phenoxy) is 2. The van der Waals surface area contributed by atoms with Crippen molar-refractivity contribution in [3.63, 3.8) is 0 Å². The van der Waals surface area contributed by atoms with E-state index in [9.17, 15) is 9.59 Å². The molecule has 6 nitrogen and oxygen atoms in total. The average Bonchev–Trinajstić information content (AvgIpc) is 2.49. The average molecular weight is 309 g/mol. The summed E-state index contributed by atoms with van der Waals surface area (Å²) in [5, 5.41) is 11.5. The normalized spacial score (nSPS) is 11.6. The first kappa shape index (κ1) is 17.8. The number of carboxylic acid groups (broad SMARTS) is 1. The Morgan fingerprint density at radius 2 is 2.09 bits per heavy atom. The zero-order chi connectivity index (χ0) is 16.5. The topological polar surface area (TPSA) is 84.9 Å². The van der Waals surface area contributed by atoms with Crippen LogP contribution in [0.3, 0.4) is 0 Å². The van der Waals surface area contributed by atoms with Crippen LogP contribution in [0.1, 0.15) is 37.0 Å². The number of hydrogen-bond donors (Lipinski definition) is 2. The lowest BCUT2D eigenvalue weighted by atomic mass is 10.1. The number of carbonyl (C=O) groups is 2. The van der Waals surface area contributed by atoms with Gasteiger partial charge in [-0.1, -0.05) is 13.8 Å². The molecule has 1 rings (SSSR count). The molecule has 0 aromatic heterocycles. The third-order valence-electron chi connectivity index (χ3n) is 3.03. The number of hydrogen-bond acceptors (Lipinski definition) is 4. The quantitative estimate of drug-likeness (QED) is 0.731. The van der Waals surface area contributed by atoms with E-state index in [0.717, 1.165) is 6.42 Å². The van der Waals surface area contributed by atoms with Crippen LogP contribution in [0.5, 0.6) is 11.5 Å². The molecule has 0 aliphatic heterocycles. The van der Waals surface area contributed by atoms with Crippen molar-refractivity contribution in [1.29, 1.82) is 0 Å². The molecule has 2 N–H and O–H groups in total. The van der Waals surface area contributed by atoms with Gasteiger partial charge in [0.2, 0.25) is 0 Å². The highest BCUT2D eigenvalue weighted by Gasteiger charge is 2.15. The van der Waals surface area contributed by atoms with Gasteiger partial charge in [-0.25, -0.2) is 0 Å². The molecule has 0 fully saturated rings. The molecular weight excluding hydrogens is 286 g/mol. The number of amides is 1. The van der Waals surface area contributed by atoms with Crippen molar-refractivity contribution in [3.8, 4) is 11.5 Å². The molecule has 0 aliphatic rings. The summed E-state index contributed by atoms with van der Waals surface area (Å²) in [6.07, 6.45) is 0.843. The van der Waals surface area contributed by atoms with Crippen LogP contribution in [0.4, 0.5) is 0 Å². The summed E-state index contributed by atoms with van der Waals surface area (Å²) in [7, 11) is 1.55. The lowest BCUT2D eigenvalue weighted by Crippen LogP contribution is -2.29. The zero-order valence-electron chi connectivity index (χ0n) is 13.2. The van der Waals surface area contributed by atoms with Crippen LogP contribution in [-0.4, -0.2) is 37.2 Å². The van der Waals surface area contributed by atoms with Gasteiger partial charge in [0.05, 0.1) is 19.3 Å². The second kappa shape index (κ2) is 8.92. The Morgan fingerprint density at radius 3 is 2.68 bits per heavy atom. The Bertz CT molecular complexity index is 515. The van der Waals surface area contributed by atoms with Gasteiger partial charge in [0, 0.05) is 19.0 Å². The third-order valence-corrected chi connectivity index (χ3v) is 3.03. The number of benzene rings is 1. The predicted molar refractivity (Wildman–Crippen MR) is 82.5 cm³/mol. The van der Waals surface area contributed by atoms with E-state index in [-0.39, 0.29) is 18.2 Å². The number of nitrogens with one attached hydrogen (secondary N) is 1. The highest BCUT2D eigenvalue weighted by atomic mass is 16.5.